The fraction of sp³-hybridized carbons (Fsp3) is 0.441. The van der Waals surface area contributed by atoms with Gasteiger partial charge in [0.15, 0.2) is 0 Å². The first kappa shape index (κ1) is 34.7. The van der Waals surface area contributed by atoms with E-state index in [1.807, 2.05) is 0 Å². The minimum atomic E-state index is -4.61. The van der Waals surface area contributed by atoms with Crippen LogP contribution in [-0.4, -0.2) is 75.3 Å². The van der Waals surface area contributed by atoms with Crippen LogP contribution >= 0.6 is 0 Å². The molecule has 48 heavy (non-hydrogen) atoms. The van der Waals surface area contributed by atoms with Crippen LogP contribution in [0, 0.1) is 19.7 Å². The Morgan fingerprint density at radius 1 is 1.12 bits per heavy atom. The molecule has 0 saturated carbocycles. The summed E-state index contributed by atoms with van der Waals surface area (Å²) < 4.78 is 79.6. The zero-order valence-corrected chi connectivity index (χ0v) is 27.3. The normalized spacial score (nSPS) is 16.9. The summed E-state index contributed by atoms with van der Waals surface area (Å²) in [6, 6.07) is 4.17. The zero-order chi connectivity index (χ0) is 34.9. The predicted octanol–water partition coefficient (Wildman–Crippen LogP) is 4.42. The Kier molecular flexibility index (Phi) is 10.0. The Labute approximate surface area is 274 Å². The van der Waals surface area contributed by atoms with Gasteiger partial charge in [0, 0.05) is 43.0 Å². The Bertz CT molecular complexity index is 1770. The number of pyridine rings is 1. The van der Waals surface area contributed by atoms with Gasteiger partial charge in [-0.05, 0) is 55.5 Å². The molecule has 2 aliphatic heterocycles. The average Bonchev–Trinajstić information content (AvgIpc) is 3.06. The number of hydrogen-bond donors (Lipinski definition) is 1. The number of ether oxygens (including phenoxy) is 4. The molecule has 258 valence electrons. The first-order valence-electron chi connectivity index (χ1n) is 15.4. The fourth-order valence-electron chi connectivity index (χ4n) is 6.27. The Morgan fingerprint density at radius 3 is 2.54 bits per heavy atom. The van der Waals surface area contributed by atoms with E-state index in [1.165, 1.54) is 24.7 Å². The summed E-state index contributed by atoms with van der Waals surface area (Å²) in [6.07, 6.45) is -3.44. The van der Waals surface area contributed by atoms with E-state index >= 15 is 4.39 Å². The average molecular weight is 676 g/mol. The van der Waals surface area contributed by atoms with Crippen LogP contribution in [0.3, 0.4) is 0 Å². The highest BCUT2D eigenvalue weighted by Crippen LogP contribution is 2.41. The molecule has 1 aromatic heterocycles. The number of aryl methyl sites for hydroxylation is 2. The highest BCUT2D eigenvalue weighted by Gasteiger charge is 2.45. The van der Waals surface area contributed by atoms with Crippen LogP contribution in [0.1, 0.15) is 39.2 Å². The van der Waals surface area contributed by atoms with E-state index in [0.717, 1.165) is 23.6 Å². The van der Waals surface area contributed by atoms with Gasteiger partial charge in [-0.3, -0.25) is 9.59 Å². The van der Waals surface area contributed by atoms with E-state index in [2.05, 4.69) is 5.32 Å². The number of methoxy groups -OCH3 is 2. The van der Waals surface area contributed by atoms with Crippen LogP contribution in [0.25, 0.3) is 11.1 Å². The summed E-state index contributed by atoms with van der Waals surface area (Å²) in [4.78, 5) is 40.8. The van der Waals surface area contributed by atoms with Crippen molar-refractivity contribution in [2.75, 3.05) is 45.5 Å². The molecule has 2 aliphatic rings. The Morgan fingerprint density at radius 2 is 1.88 bits per heavy atom. The van der Waals surface area contributed by atoms with Gasteiger partial charge in [-0.25, -0.2) is 9.18 Å². The molecule has 14 heteroatoms. The van der Waals surface area contributed by atoms with E-state index < -0.39 is 48.1 Å². The number of rotatable bonds is 8. The maximum atomic E-state index is 15.5. The molecule has 2 atom stereocenters. The van der Waals surface area contributed by atoms with Crippen molar-refractivity contribution < 1.29 is 46.1 Å². The van der Waals surface area contributed by atoms with Gasteiger partial charge in [0.25, 0.3) is 11.5 Å². The monoisotopic (exact) mass is 675 g/mol. The van der Waals surface area contributed by atoms with Gasteiger partial charge in [0.1, 0.15) is 29.4 Å². The molecule has 0 radical (unpaired) electrons. The fourth-order valence-corrected chi connectivity index (χ4v) is 6.27. The maximum Gasteiger partial charge on any atom is 0.411 e. The Hall–Kier alpha value is -4.59. The summed E-state index contributed by atoms with van der Waals surface area (Å²) in [6.45, 7) is 2.92. The maximum absolute atomic E-state index is 15.5. The predicted molar refractivity (Wildman–Crippen MR) is 168 cm³/mol. The second-order valence-corrected chi connectivity index (χ2v) is 11.8. The molecule has 0 unspecified atom stereocenters. The smallest absolute Gasteiger partial charge is 0.411 e. The molecule has 2 aromatic carbocycles. The second-order valence-electron chi connectivity index (χ2n) is 11.8. The number of morpholine rings is 1. The van der Waals surface area contributed by atoms with Crippen LogP contribution in [0.4, 0.5) is 23.2 Å². The lowest BCUT2D eigenvalue weighted by molar-refractivity contribution is -0.167. The minimum Gasteiger partial charge on any atom is -0.496 e. The number of hydrogen-bond acceptors (Lipinski definition) is 8. The number of nitrogens with one attached hydrogen (secondary N) is 1. The lowest BCUT2D eigenvalue weighted by Gasteiger charge is -2.38. The summed E-state index contributed by atoms with van der Waals surface area (Å²) in [5.74, 6) is -1.92. The van der Waals surface area contributed by atoms with Crippen molar-refractivity contribution in [3.8, 4) is 22.6 Å². The number of carbonyl (C=O) groups excluding carboxylic acids is 2. The summed E-state index contributed by atoms with van der Waals surface area (Å²) in [5.41, 5.74) is 2.29. The van der Waals surface area contributed by atoms with E-state index in [0.29, 0.717) is 53.3 Å². The summed E-state index contributed by atoms with van der Waals surface area (Å²) in [5, 5.41) is 2.56. The van der Waals surface area contributed by atoms with Crippen molar-refractivity contribution in [1.29, 1.82) is 0 Å². The number of benzene rings is 2. The number of esters is 1. The van der Waals surface area contributed by atoms with Crippen molar-refractivity contribution in [2.24, 2.45) is 7.05 Å². The lowest BCUT2D eigenvalue weighted by atomic mass is 9.90. The molecule has 3 aromatic rings. The van der Waals surface area contributed by atoms with E-state index in [4.69, 9.17) is 18.9 Å². The molecule has 1 amide bonds. The van der Waals surface area contributed by atoms with Crippen molar-refractivity contribution in [3.05, 3.63) is 74.5 Å². The third-order valence-corrected chi connectivity index (χ3v) is 8.85. The van der Waals surface area contributed by atoms with Gasteiger partial charge >= 0.3 is 12.1 Å². The van der Waals surface area contributed by atoms with Crippen molar-refractivity contribution in [3.63, 3.8) is 0 Å². The number of nitrogens with zero attached hydrogens (tertiary/aromatic N) is 2. The van der Waals surface area contributed by atoms with Crippen LogP contribution in [0.15, 0.2) is 35.1 Å². The number of aromatic nitrogens is 1. The molecular weight excluding hydrogens is 638 g/mol. The van der Waals surface area contributed by atoms with Crippen molar-refractivity contribution in [2.45, 2.75) is 51.4 Å². The van der Waals surface area contributed by atoms with Crippen molar-refractivity contribution in [1.82, 2.24) is 9.88 Å². The molecule has 1 fully saturated rings. The third-order valence-electron chi connectivity index (χ3n) is 8.85. The van der Waals surface area contributed by atoms with Crippen LogP contribution in [-0.2, 0) is 34.2 Å². The summed E-state index contributed by atoms with van der Waals surface area (Å²) >= 11 is 0. The standard InChI is InChI=1S/C34H37F4N3O7/c1-18-13-21(41-10-12-47-17-27(41)34(36,37)38)16-24(35)28(18)31(42)39-25(33(44)46-5)15-20-8-9-23(30-22(20)7-6-11-48-30)29-26(45-4)14-19(2)40(3)32(29)43/h8-9,13-14,16,25,27H,6-7,10-12,15,17H2,1-5H3,(H,39,42)/t25-,27+/m0/s1. The zero-order valence-electron chi connectivity index (χ0n) is 27.3. The summed E-state index contributed by atoms with van der Waals surface area (Å²) in [7, 11) is 4.29. The molecule has 5 rings (SSSR count). The molecular formula is C34H37F4N3O7. The van der Waals surface area contributed by atoms with E-state index in [-0.39, 0.29) is 36.4 Å². The number of alkyl halides is 3. The molecule has 0 bridgehead atoms. The molecule has 0 aliphatic carbocycles. The first-order chi connectivity index (χ1) is 22.8. The highest BCUT2D eigenvalue weighted by atomic mass is 19.4. The molecule has 10 nitrogen and oxygen atoms in total. The number of carbonyl (C=O) groups is 2. The Balaban J connectivity index is 1.46. The van der Waals surface area contributed by atoms with E-state index in [1.54, 1.807) is 32.2 Å². The second kappa shape index (κ2) is 13.9. The van der Waals surface area contributed by atoms with Gasteiger partial charge in [0.2, 0.25) is 0 Å². The largest absolute Gasteiger partial charge is 0.496 e. The number of halogens is 4. The number of amides is 1. The van der Waals surface area contributed by atoms with Gasteiger partial charge < -0.3 is 33.7 Å². The number of fused-ring (bicyclic) bond motifs is 1. The van der Waals surface area contributed by atoms with Gasteiger partial charge in [-0.15, -0.1) is 0 Å². The molecule has 1 N–H and O–H groups in total. The molecule has 0 spiro atoms. The van der Waals surface area contributed by atoms with Gasteiger partial charge in [-0.1, -0.05) is 12.1 Å². The van der Waals surface area contributed by atoms with Crippen LogP contribution in [0.5, 0.6) is 11.5 Å². The topological polar surface area (TPSA) is 108 Å². The first-order valence-corrected chi connectivity index (χ1v) is 15.4. The molecule has 1 saturated heterocycles. The van der Waals surface area contributed by atoms with Crippen LogP contribution in [0.2, 0.25) is 0 Å². The SMILES string of the molecule is COC(=O)[C@H](Cc1ccc(-c2c(OC)cc(C)n(C)c2=O)c2c1CCCO2)NC(=O)c1c(C)cc(N2CCOC[C@@H]2C(F)(F)F)cc1F. The van der Waals surface area contributed by atoms with Gasteiger partial charge in [0.05, 0.1) is 45.2 Å². The lowest BCUT2D eigenvalue weighted by Crippen LogP contribution is -2.53. The quantitative estimate of drug-likeness (QED) is 0.276. The van der Waals surface area contributed by atoms with Crippen molar-refractivity contribution >= 4 is 17.6 Å². The van der Waals surface area contributed by atoms with Crippen LogP contribution < -0.4 is 25.2 Å². The van der Waals surface area contributed by atoms with Gasteiger partial charge in [-0.2, -0.15) is 13.2 Å². The number of anilines is 1. The highest BCUT2D eigenvalue weighted by molar-refractivity contribution is 5.98. The minimum absolute atomic E-state index is 0.0290. The van der Waals surface area contributed by atoms with E-state index in [9.17, 15) is 27.6 Å². The third kappa shape index (κ3) is 6.71. The molecule has 3 heterocycles.